The number of esters is 1. The summed E-state index contributed by atoms with van der Waals surface area (Å²) in [5.74, 6) is -12.8. The van der Waals surface area contributed by atoms with Crippen LogP contribution in [0.25, 0.3) is 0 Å². The Morgan fingerprint density at radius 2 is 1.38 bits per heavy atom. The highest BCUT2D eigenvalue weighted by atomic mass is 19.4. The molecule has 0 spiro atoms. The molecule has 0 aromatic carbocycles. The van der Waals surface area contributed by atoms with E-state index in [9.17, 15) is 44.3 Å². The molecule has 144 valence electrons. The highest BCUT2D eigenvalue weighted by molar-refractivity contribution is 5.77. The first kappa shape index (κ1) is 22.8. The summed E-state index contributed by atoms with van der Waals surface area (Å²) in [6.45, 7) is 1.75. The van der Waals surface area contributed by atoms with Crippen LogP contribution in [0.15, 0.2) is 0 Å². The smallest absolute Gasteiger partial charge is 0.404 e. The topological polar surface area (TPSA) is 26.3 Å². The van der Waals surface area contributed by atoms with Gasteiger partial charge in [-0.25, -0.2) is 8.78 Å². The Hall–Kier alpha value is -1.16. The van der Waals surface area contributed by atoms with Crippen molar-refractivity contribution in [1.29, 1.82) is 0 Å². The highest BCUT2D eigenvalue weighted by Gasteiger charge is 2.69. The van der Waals surface area contributed by atoms with Crippen LogP contribution in [-0.2, 0) is 9.53 Å². The van der Waals surface area contributed by atoms with E-state index in [0.29, 0.717) is 6.92 Å². The monoisotopic (exact) mass is 376 g/mol. The zero-order valence-electron chi connectivity index (χ0n) is 13.2. The van der Waals surface area contributed by atoms with Gasteiger partial charge in [0.25, 0.3) is 0 Å². The molecule has 0 fully saturated rings. The van der Waals surface area contributed by atoms with Crippen LogP contribution in [0.5, 0.6) is 0 Å². The molecule has 11 heteroatoms. The number of carbonyl (C=O) groups is 1. The first-order chi connectivity index (χ1) is 10.4. The summed E-state index contributed by atoms with van der Waals surface area (Å²) in [6, 6.07) is 0. The predicted molar refractivity (Wildman–Crippen MR) is 65.1 cm³/mol. The van der Waals surface area contributed by atoms with Crippen LogP contribution < -0.4 is 0 Å². The van der Waals surface area contributed by atoms with E-state index in [1.165, 1.54) is 0 Å². The molecule has 0 aromatic heterocycles. The zero-order valence-corrected chi connectivity index (χ0v) is 13.2. The van der Waals surface area contributed by atoms with E-state index in [1.807, 2.05) is 0 Å². The van der Waals surface area contributed by atoms with Crippen LogP contribution in [0.4, 0.5) is 39.5 Å². The van der Waals surface area contributed by atoms with Crippen LogP contribution in [0.2, 0.25) is 0 Å². The third-order valence-electron chi connectivity index (χ3n) is 3.76. The first-order valence-electron chi connectivity index (χ1n) is 6.69. The summed E-state index contributed by atoms with van der Waals surface area (Å²) < 4.78 is 121. The molecule has 0 radical (unpaired) electrons. The van der Waals surface area contributed by atoms with Crippen molar-refractivity contribution in [2.75, 3.05) is 0 Å². The number of alkyl halides is 9. The number of rotatable bonds is 7. The number of hydrogen-bond donors (Lipinski definition) is 0. The van der Waals surface area contributed by atoms with Crippen molar-refractivity contribution < 1.29 is 49.0 Å². The number of halogens is 9. The van der Waals surface area contributed by atoms with Gasteiger partial charge in [-0.1, -0.05) is 6.92 Å². The predicted octanol–water partition coefficient (Wildman–Crippen LogP) is 5.21. The van der Waals surface area contributed by atoms with Crippen molar-refractivity contribution in [1.82, 2.24) is 0 Å². The zero-order chi connectivity index (χ0) is 19.8. The lowest BCUT2D eigenvalue weighted by Gasteiger charge is -2.40. The second-order valence-corrected chi connectivity index (χ2v) is 5.96. The average Bonchev–Trinajstić information content (AvgIpc) is 2.33. The lowest BCUT2D eigenvalue weighted by Crippen LogP contribution is -2.59. The quantitative estimate of drug-likeness (QED) is 0.450. The van der Waals surface area contributed by atoms with Gasteiger partial charge in [0.15, 0.2) is 11.0 Å². The Labute approximate surface area is 132 Å². The maximum Gasteiger partial charge on any atom is 0.404 e. The van der Waals surface area contributed by atoms with Gasteiger partial charge in [0, 0.05) is 0 Å². The van der Waals surface area contributed by atoms with Gasteiger partial charge < -0.3 is 4.74 Å². The molecule has 0 saturated carbocycles. The molecule has 0 bridgehead atoms. The van der Waals surface area contributed by atoms with Gasteiger partial charge in [-0.05, 0) is 27.2 Å². The fourth-order valence-electron chi connectivity index (χ4n) is 1.63. The van der Waals surface area contributed by atoms with Gasteiger partial charge in [-0.2, -0.15) is 30.7 Å². The standard InChI is InChI=1S/C13H17F9O2/c1-5-10(4,13(20,21)22)8(23)24-9(2,3)12(18,19)11(16,17)6-7(14)15/h7H,5-6H2,1-4H3. The molecule has 1 atom stereocenters. The molecule has 0 heterocycles. The summed E-state index contributed by atoms with van der Waals surface area (Å²) in [6.07, 6.45) is -12.4. The van der Waals surface area contributed by atoms with Crippen molar-refractivity contribution in [3.05, 3.63) is 0 Å². The van der Waals surface area contributed by atoms with E-state index in [1.54, 1.807) is 0 Å². The fourth-order valence-corrected chi connectivity index (χ4v) is 1.63. The third-order valence-corrected chi connectivity index (χ3v) is 3.76. The minimum Gasteiger partial charge on any atom is -0.452 e. The van der Waals surface area contributed by atoms with Crippen LogP contribution >= 0.6 is 0 Å². The summed E-state index contributed by atoms with van der Waals surface area (Å²) in [5, 5.41) is 0. The highest BCUT2D eigenvalue weighted by Crippen LogP contribution is 2.49. The molecule has 0 aliphatic rings. The van der Waals surface area contributed by atoms with E-state index in [0.717, 1.165) is 6.92 Å². The maximum absolute atomic E-state index is 13.8. The molecule has 0 aliphatic carbocycles. The minimum atomic E-state index is -5.33. The fraction of sp³-hybridized carbons (Fsp3) is 0.923. The Balaban J connectivity index is 5.65. The number of hydrogen-bond acceptors (Lipinski definition) is 2. The Bertz CT molecular complexity index is 457. The van der Waals surface area contributed by atoms with E-state index < -0.39 is 54.3 Å². The number of carbonyl (C=O) groups excluding carboxylic acids is 1. The summed E-state index contributed by atoms with van der Waals surface area (Å²) in [4.78, 5) is 11.7. The largest absolute Gasteiger partial charge is 0.452 e. The van der Waals surface area contributed by atoms with E-state index >= 15 is 0 Å². The van der Waals surface area contributed by atoms with Gasteiger partial charge in [0.1, 0.15) is 0 Å². The summed E-state index contributed by atoms with van der Waals surface area (Å²) >= 11 is 0. The van der Waals surface area contributed by atoms with Gasteiger partial charge in [0.2, 0.25) is 6.43 Å². The lowest BCUT2D eigenvalue weighted by atomic mass is 9.85. The van der Waals surface area contributed by atoms with Crippen molar-refractivity contribution in [3.63, 3.8) is 0 Å². The molecule has 0 aromatic rings. The van der Waals surface area contributed by atoms with Gasteiger partial charge >= 0.3 is 24.0 Å². The Kier molecular flexibility index (Phi) is 6.30. The summed E-state index contributed by atoms with van der Waals surface area (Å²) in [7, 11) is 0. The lowest BCUT2D eigenvalue weighted by molar-refractivity contribution is -0.303. The third kappa shape index (κ3) is 4.08. The summed E-state index contributed by atoms with van der Waals surface area (Å²) in [5.41, 5.74) is -6.66. The van der Waals surface area contributed by atoms with Crippen molar-refractivity contribution in [2.24, 2.45) is 5.41 Å². The molecule has 24 heavy (non-hydrogen) atoms. The first-order valence-corrected chi connectivity index (χ1v) is 6.69. The van der Waals surface area contributed by atoms with Gasteiger partial charge in [-0.3, -0.25) is 4.79 Å². The van der Waals surface area contributed by atoms with Crippen LogP contribution in [0.3, 0.4) is 0 Å². The van der Waals surface area contributed by atoms with E-state index in [-0.39, 0.29) is 13.8 Å². The van der Waals surface area contributed by atoms with Crippen LogP contribution in [0, 0.1) is 5.41 Å². The Morgan fingerprint density at radius 3 is 1.67 bits per heavy atom. The second-order valence-electron chi connectivity index (χ2n) is 5.96. The van der Waals surface area contributed by atoms with Crippen LogP contribution in [-0.4, -0.2) is 36.0 Å². The molecule has 0 amide bonds. The molecule has 1 unspecified atom stereocenters. The SMILES string of the molecule is CCC(C)(C(=O)OC(C)(C)C(F)(F)C(F)(F)CC(F)F)C(F)(F)F. The van der Waals surface area contributed by atoms with Crippen molar-refractivity contribution in [2.45, 2.75) is 70.6 Å². The second kappa shape index (κ2) is 6.62. The average molecular weight is 376 g/mol. The molecule has 0 rings (SSSR count). The molecule has 2 nitrogen and oxygen atoms in total. The van der Waals surface area contributed by atoms with Gasteiger partial charge in [-0.15, -0.1) is 0 Å². The van der Waals surface area contributed by atoms with Gasteiger partial charge in [0.05, 0.1) is 6.42 Å². The molecular formula is C13H17F9O2. The molecule has 0 N–H and O–H groups in total. The number of ether oxygens (including phenoxy) is 1. The van der Waals surface area contributed by atoms with E-state index in [2.05, 4.69) is 4.74 Å². The Morgan fingerprint density at radius 1 is 0.958 bits per heavy atom. The van der Waals surface area contributed by atoms with Crippen LogP contribution in [0.1, 0.15) is 40.5 Å². The normalized spacial score (nSPS) is 16.9. The molecular weight excluding hydrogens is 359 g/mol. The van der Waals surface area contributed by atoms with E-state index in [4.69, 9.17) is 0 Å². The minimum absolute atomic E-state index is 0.233. The van der Waals surface area contributed by atoms with Crippen molar-refractivity contribution >= 4 is 5.97 Å². The maximum atomic E-state index is 13.8. The van der Waals surface area contributed by atoms with Crippen molar-refractivity contribution in [3.8, 4) is 0 Å². The molecule has 0 saturated heterocycles. The molecule has 0 aliphatic heterocycles.